The summed E-state index contributed by atoms with van der Waals surface area (Å²) in [6.45, 7) is 5.97. The fraction of sp³-hybridized carbons (Fsp3) is 0.500. The van der Waals surface area contributed by atoms with Crippen LogP contribution in [-0.2, 0) is 0 Å². The molecule has 1 rings (SSSR count). The van der Waals surface area contributed by atoms with Crippen molar-refractivity contribution in [3.05, 3.63) is 18.3 Å². The lowest BCUT2D eigenvalue weighted by Gasteiger charge is -2.25. The van der Waals surface area contributed by atoms with Gasteiger partial charge in [-0.1, -0.05) is 13.8 Å². The van der Waals surface area contributed by atoms with Gasteiger partial charge in [-0.15, -0.1) is 0 Å². The Morgan fingerprint density at radius 2 is 2.31 bits per heavy atom. The molecule has 4 heteroatoms. The Morgan fingerprint density at radius 3 is 2.88 bits per heavy atom. The highest BCUT2D eigenvalue weighted by atomic mass is 15.1. The van der Waals surface area contributed by atoms with Gasteiger partial charge in [0.15, 0.2) is 0 Å². The third-order valence-corrected chi connectivity index (χ3v) is 2.21. The van der Waals surface area contributed by atoms with E-state index in [1.54, 1.807) is 6.20 Å². The second kappa shape index (κ2) is 5.96. The number of nitriles is 1. The lowest BCUT2D eigenvalue weighted by Crippen LogP contribution is -2.28. The molecule has 0 unspecified atom stereocenters. The van der Waals surface area contributed by atoms with Gasteiger partial charge < -0.3 is 10.6 Å². The fourth-order valence-corrected chi connectivity index (χ4v) is 1.58. The van der Waals surface area contributed by atoms with E-state index >= 15 is 0 Å². The molecule has 4 nitrogen and oxygen atoms in total. The van der Waals surface area contributed by atoms with Crippen LogP contribution in [0.2, 0.25) is 0 Å². The van der Waals surface area contributed by atoms with Gasteiger partial charge in [0.2, 0.25) is 0 Å². The molecule has 0 atom stereocenters. The number of hydrogen-bond donors (Lipinski definition) is 1. The maximum Gasteiger partial charge on any atom is 0.125 e. The molecule has 0 amide bonds. The van der Waals surface area contributed by atoms with Crippen molar-refractivity contribution in [2.45, 2.75) is 20.3 Å². The average molecular weight is 218 g/mol. The summed E-state index contributed by atoms with van der Waals surface area (Å²) in [6, 6.07) is 5.94. The summed E-state index contributed by atoms with van der Waals surface area (Å²) in [5.74, 6) is 1.07. The predicted octanol–water partition coefficient (Wildman–Crippen LogP) is 2.04. The van der Waals surface area contributed by atoms with E-state index in [2.05, 4.69) is 29.8 Å². The van der Waals surface area contributed by atoms with Gasteiger partial charge in [0, 0.05) is 31.0 Å². The Balaban J connectivity index is 2.79. The fourth-order valence-electron chi connectivity index (χ4n) is 1.58. The van der Waals surface area contributed by atoms with Gasteiger partial charge in [-0.3, -0.25) is 0 Å². The summed E-state index contributed by atoms with van der Waals surface area (Å²) in [5.41, 5.74) is 6.69. The van der Waals surface area contributed by atoms with Crippen molar-refractivity contribution in [1.29, 1.82) is 5.26 Å². The van der Waals surface area contributed by atoms with Gasteiger partial charge in [0.1, 0.15) is 5.82 Å². The summed E-state index contributed by atoms with van der Waals surface area (Å²) in [5, 5.41) is 8.64. The van der Waals surface area contributed by atoms with Crippen LogP contribution in [0.25, 0.3) is 0 Å². The van der Waals surface area contributed by atoms with Crippen LogP contribution in [0.15, 0.2) is 18.3 Å². The Bertz CT molecular complexity index is 368. The summed E-state index contributed by atoms with van der Waals surface area (Å²) >= 11 is 0. The second-order valence-corrected chi connectivity index (χ2v) is 4.19. The Hall–Kier alpha value is -1.76. The highest BCUT2D eigenvalue weighted by Gasteiger charge is 2.08. The van der Waals surface area contributed by atoms with E-state index in [-0.39, 0.29) is 0 Å². The molecular formula is C12H18N4. The Kier molecular flexibility index (Phi) is 4.59. The Labute approximate surface area is 96.7 Å². The lowest BCUT2D eigenvalue weighted by atomic mass is 10.2. The van der Waals surface area contributed by atoms with Gasteiger partial charge in [-0.25, -0.2) is 4.98 Å². The number of hydrogen-bond acceptors (Lipinski definition) is 4. The molecule has 0 aromatic carbocycles. The molecule has 1 aromatic heterocycles. The third-order valence-electron chi connectivity index (χ3n) is 2.21. The minimum absolute atomic E-state index is 0.517. The van der Waals surface area contributed by atoms with Crippen LogP contribution in [0, 0.1) is 17.2 Å². The van der Waals surface area contributed by atoms with Crippen molar-refractivity contribution in [3.8, 4) is 6.07 Å². The minimum Gasteiger partial charge on any atom is -0.384 e. The van der Waals surface area contributed by atoms with Gasteiger partial charge in [-0.2, -0.15) is 5.26 Å². The van der Waals surface area contributed by atoms with Crippen LogP contribution >= 0.6 is 0 Å². The van der Waals surface area contributed by atoms with Crippen molar-refractivity contribution in [2.75, 3.05) is 23.7 Å². The molecule has 0 radical (unpaired) electrons. The molecule has 1 aromatic rings. The van der Waals surface area contributed by atoms with E-state index in [1.807, 2.05) is 12.1 Å². The maximum absolute atomic E-state index is 8.64. The topological polar surface area (TPSA) is 65.9 Å². The zero-order valence-corrected chi connectivity index (χ0v) is 9.85. The Morgan fingerprint density at radius 1 is 1.56 bits per heavy atom. The highest BCUT2D eigenvalue weighted by molar-refractivity contribution is 5.52. The average Bonchev–Trinajstić information content (AvgIpc) is 2.23. The highest BCUT2D eigenvalue weighted by Crippen LogP contribution is 2.17. The summed E-state index contributed by atoms with van der Waals surface area (Å²) < 4.78 is 0. The number of rotatable bonds is 5. The smallest absolute Gasteiger partial charge is 0.125 e. The quantitative estimate of drug-likeness (QED) is 0.821. The molecule has 0 saturated carbocycles. The van der Waals surface area contributed by atoms with E-state index in [4.69, 9.17) is 11.0 Å². The minimum atomic E-state index is 0.517. The van der Waals surface area contributed by atoms with E-state index < -0.39 is 0 Å². The molecule has 0 fully saturated rings. The monoisotopic (exact) mass is 218 g/mol. The number of pyridine rings is 1. The van der Waals surface area contributed by atoms with E-state index in [0.29, 0.717) is 18.2 Å². The molecular weight excluding hydrogens is 200 g/mol. The van der Waals surface area contributed by atoms with Crippen molar-refractivity contribution in [1.82, 2.24) is 4.98 Å². The van der Waals surface area contributed by atoms with E-state index in [9.17, 15) is 0 Å². The van der Waals surface area contributed by atoms with Crippen LogP contribution < -0.4 is 10.6 Å². The first-order valence-corrected chi connectivity index (χ1v) is 5.47. The van der Waals surface area contributed by atoms with Crippen LogP contribution in [0.4, 0.5) is 11.5 Å². The van der Waals surface area contributed by atoms with Crippen LogP contribution in [-0.4, -0.2) is 18.1 Å². The second-order valence-electron chi connectivity index (χ2n) is 4.19. The molecule has 0 aliphatic carbocycles. The predicted molar refractivity (Wildman–Crippen MR) is 65.9 cm³/mol. The molecule has 16 heavy (non-hydrogen) atoms. The number of nitrogen functional groups attached to an aromatic ring is 1. The van der Waals surface area contributed by atoms with Gasteiger partial charge in [0.25, 0.3) is 0 Å². The molecule has 1 heterocycles. The number of aromatic nitrogens is 1. The molecule has 0 bridgehead atoms. The maximum atomic E-state index is 8.64. The van der Waals surface area contributed by atoms with E-state index in [1.165, 1.54) is 0 Å². The van der Waals surface area contributed by atoms with Crippen molar-refractivity contribution in [2.24, 2.45) is 5.92 Å². The SMILES string of the molecule is CC(C)CN(CCC#N)c1ccnc(N)c1. The molecule has 2 N–H and O–H groups in total. The van der Waals surface area contributed by atoms with Crippen molar-refractivity contribution >= 4 is 11.5 Å². The molecule has 0 aliphatic rings. The molecule has 0 aliphatic heterocycles. The summed E-state index contributed by atoms with van der Waals surface area (Å²) in [6.07, 6.45) is 2.22. The number of nitrogens with zero attached hydrogens (tertiary/aromatic N) is 3. The standard InChI is InChI=1S/C12H18N4/c1-10(2)9-16(7-3-5-13)11-4-6-15-12(14)8-11/h4,6,8,10H,3,7,9H2,1-2H3,(H2,14,15). The van der Waals surface area contributed by atoms with E-state index in [0.717, 1.165) is 18.8 Å². The van der Waals surface area contributed by atoms with Crippen LogP contribution in [0.1, 0.15) is 20.3 Å². The zero-order valence-electron chi connectivity index (χ0n) is 9.85. The van der Waals surface area contributed by atoms with Crippen molar-refractivity contribution in [3.63, 3.8) is 0 Å². The van der Waals surface area contributed by atoms with Crippen LogP contribution in [0.3, 0.4) is 0 Å². The number of anilines is 2. The first-order valence-electron chi connectivity index (χ1n) is 5.47. The van der Waals surface area contributed by atoms with Gasteiger partial charge in [0.05, 0.1) is 12.5 Å². The molecule has 86 valence electrons. The van der Waals surface area contributed by atoms with Gasteiger partial charge >= 0.3 is 0 Å². The van der Waals surface area contributed by atoms with Crippen molar-refractivity contribution < 1.29 is 0 Å². The zero-order chi connectivity index (χ0) is 12.0. The number of nitrogens with two attached hydrogens (primary N) is 1. The normalized spacial score (nSPS) is 10.1. The third kappa shape index (κ3) is 3.77. The summed E-state index contributed by atoms with van der Waals surface area (Å²) in [4.78, 5) is 6.14. The lowest BCUT2D eigenvalue weighted by molar-refractivity contribution is 0.612. The summed E-state index contributed by atoms with van der Waals surface area (Å²) in [7, 11) is 0. The molecule has 0 saturated heterocycles. The van der Waals surface area contributed by atoms with Crippen LogP contribution in [0.5, 0.6) is 0 Å². The first kappa shape index (κ1) is 12.3. The first-order chi connectivity index (χ1) is 7.63. The largest absolute Gasteiger partial charge is 0.384 e. The van der Waals surface area contributed by atoms with Gasteiger partial charge in [-0.05, 0) is 12.0 Å². The molecule has 0 spiro atoms.